The van der Waals surface area contributed by atoms with Gasteiger partial charge in [-0.2, -0.15) is 26.3 Å². The Hall–Kier alpha value is -1.82. The molecule has 1 aliphatic rings. The van der Waals surface area contributed by atoms with Gasteiger partial charge in [-0.3, -0.25) is 0 Å². The van der Waals surface area contributed by atoms with E-state index >= 15 is 0 Å². The van der Waals surface area contributed by atoms with Crippen molar-refractivity contribution in [2.45, 2.75) is 75.6 Å². The molecule has 5 nitrogen and oxygen atoms in total. The Bertz CT molecular complexity index is 788. The van der Waals surface area contributed by atoms with Crippen LogP contribution in [0.3, 0.4) is 0 Å². The Kier molecular flexibility index (Phi) is 7.68. The molecule has 31 heavy (non-hydrogen) atoms. The summed E-state index contributed by atoms with van der Waals surface area (Å²) in [6.45, 7) is 5.33. The van der Waals surface area contributed by atoms with Gasteiger partial charge >= 0.3 is 18.4 Å². The Labute approximate surface area is 178 Å². The first-order valence-corrected chi connectivity index (χ1v) is 10.8. The predicted octanol–water partition coefficient (Wildman–Crippen LogP) is 5.21. The molecule has 1 aromatic carbocycles. The minimum Gasteiger partial charge on any atom is -0.334 e. The van der Waals surface area contributed by atoms with E-state index in [1.54, 1.807) is 20.8 Å². The van der Waals surface area contributed by atoms with E-state index < -0.39 is 57.0 Å². The van der Waals surface area contributed by atoms with E-state index in [2.05, 4.69) is 15.4 Å². The normalized spacial score (nSPS) is 21.5. The standard InChI is InChI=1S/C19H25F6N3O2S/c1-17(2,3)31(30)28-15-7-5-4-6-14(15)27-16(29)26-13-9-11(18(20,21)22)8-12(10-13)19(23,24)25/h8-10,14-15,28H,4-7H2,1-3H3,(H2,26,27,29)/t14-,15-,31-/m0/s1. The van der Waals surface area contributed by atoms with Gasteiger partial charge in [-0.1, -0.05) is 12.8 Å². The number of hydrogen-bond donors (Lipinski definition) is 3. The van der Waals surface area contributed by atoms with E-state index in [0.717, 1.165) is 12.8 Å². The molecule has 1 aromatic rings. The maximum absolute atomic E-state index is 13.0. The highest BCUT2D eigenvalue weighted by Crippen LogP contribution is 2.37. The quantitative estimate of drug-likeness (QED) is 0.526. The molecular formula is C19H25F6N3O2S. The number of benzene rings is 1. The average molecular weight is 473 g/mol. The second kappa shape index (κ2) is 9.35. The summed E-state index contributed by atoms with van der Waals surface area (Å²) in [6.07, 6.45) is -7.26. The summed E-state index contributed by atoms with van der Waals surface area (Å²) in [5.74, 6) is 0. The van der Waals surface area contributed by atoms with Gasteiger partial charge in [-0.05, 0) is 51.8 Å². The summed E-state index contributed by atoms with van der Waals surface area (Å²) in [7, 11) is -1.41. The topological polar surface area (TPSA) is 70.2 Å². The highest BCUT2D eigenvalue weighted by atomic mass is 32.2. The molecule has 3 N–H and O–H groups in total. The van der Waals surface area contributed by atoms with E-state index in [1.807, 2.05) is 0 Å². The minimum atomic E-state index is -5.01. The number of nitrogens with one attached hydrogen (secondary N) is 3. The van der Waals surface area contributed by atoms with Crippen LogP contribution < -0.4 is 15.4 Å². The number of anilines is 1. The zero-order valence-corrected chi connectivity index (χ0v) is 18.0. The van der Waals surface area contributed by atoms with Crippen molar-refractivity contribution >= 4 is 22.7 Å². The third-order valence-corrected chi connectivity index (χ3v) is 6.37. The lowest BCUT2D eigenvalue weighted by Crippen LogP contribution is -2.54. The van der Waals surface area contributed by atoms with Crippen LogP contribution in [0.1, 0.15) is 57.6 Å². The third-order valence-electron chi connectivity index (χ3n) is 4.74. The molecule has 1 saturated carbocycles. The number of halogens is 6. The van der Waals surface area contributed by atoms with Crippen LogP contribution in [0.2, 0.25) is 0 Å². The average Bonchev–Trinajstić information content (AvgIpc) is 2.60. The third kappa shape index (κ3) is 7.37. The zero-order valence-electron chi connectivity index (χ0n) is 17.2. The van der Waals surface area contributed by atoms with Crippen LogP contribution in [0.5, 0.6) is 0 Å². The van der Waals surface area contributed by atoms with Crippen molar-refractivity contribution in [1.29, 1.82) is 0 Å². The van der Waals surface area contributed by atoms with Crippen molar-refractivity contribution in [3.63, 3.8) is 0 Å². The van der Waals surface area contributed by atoms with Crippen LogP contribution in [-0.2, 0) is 23.3 Å². The summed E-state index contributed by atoms with van der Waals surface area (Å²) in [6, 6.07) is -0.876. The SMILES string of the molecule is CC(C)(C)[S@](=O)N[C@H]1CCCC[C@@H]1NC(=O)Nc1cc(C(F)(F)F)cc(C(F)(F)F)c1. The lowest BCUT2D eigenvalue weighted by atomic mass is 9.91. The molecule has 0 spiro atoms. The summed E-state index contributed by atoms with van der Waals surface area (Å²) >= 11 is 0. The number of hydrogen-bond acceptors (Lipinski definition) is 2. The molecule has 0 aromatic heterocycles. The van der Waals surface area contributed by atoms with Crippen molar-refractivity contribution in [3.8, 4) is 0 Å². The highest BCUT2D eigenvalue weighted by Gasteiger charge is 2.37. The molecular weight excluding hydrogens is 448 g/mol. The molecule has 0 heterocycles. The molecule has 1 aliphatic carbocycles. The number of urea groups is 1. The fourth-order valence-electron chi connectivity index (χ4n) is 3.12. The smallest absolute Gasteiger partial charge is 0.334 e. The van der Waals surface area contributed by atoms with Gasteiger partial charge in [0.15, 0.2) is 0 Å². The summed E-state index contributed by atoms with van der Waals surface area (Å²) < 4.78 is 92.7. The molecule has 12 heteroatoms. The lowest BCUT2D eigenvalue weighted by Gasteiger charge is -2.34. The predicted molar refractivity (Wildman–Crippen MR) is 106 cm³/mol. The monoisotopic (exact) mass is 473 g/mol. The van der Waals surface area contributed by atoms with Crippen LogP contribution in [0.25, 0.3) is 0 Å². The van der Waals surface area contributed by atoms with Crippen LogP contribution in [0.4, 0.5) is 36.8 Å². The minimum absolute atomic E-state index is 0.00795. The molecule has 176 valence electrons. The van der Waals surface area contributed by atoms with Gasteiger partial charge in [-0.25, -0.2) is 13.7 Å². The molecule has 3 atom stereocenters. The van der Waals surface area contributed by atoms with Gasteiger partial charge in [0.1, 0.15) is 0 Å². The van der Waals surface area contributed by atoms with E-state index in [4.69, 9.17) is 0 Å². The molecule has 0 bridgehead atoms. The Morgan fingerprint density at radius 2 is 1.39 bits per heavy atom. The van der Waals surface area contributed by atoms with E-state index in [-0.39, 0.29) is 12.1 Å². The molecule has 0 aliphatic heterocycles. The van der Waals surface area contributed by atoms with Gasteiger partial charge in [0.05, 0.1) is 26.9 Å². The van der Waals surface area contributed by atoms with Crippen LogP contribution in [0, 0.1) is 0 Å². The number of rotatable bonds is 4. The summed E-state index contributed by atoms with van der Waals surface area (Å²) in [5, 5.41) is 4.65. The second-order valence-electron chi connectivity index (χ2n) is 8.39. The Balaban J connectivity index is 2.16. The Morgan fingerprint density at radius 1 is 0.903 bits per heavy atom. The molecule has 2 rings (SSSR count). The maximum atomic E-state index is 13.0. The number of alkyl halides is 6. The zero-order chi connectivity index (χ0) is 23.6. The van der Waals surface area contributed by atoms with Gasteiger partial charge < -0.3 is 10.6 Å². The summed E-state index contributed by atoms with van der Waals surface area (Å²) in [5.41, 5.74) is -3.66. The first-order chi connectivity index (χ1) is 14.1. The fraction of sp³-hybridized carbons (Fsp3) is 0.632. The fourth-order valence-corrected chi connectivity index (χ4v) is 4.03. The summed E-state index contributed by atoms with van der Waals surface area (Å²) in [4.78, 5) is 12.3. The van der Waals surface area contributed by atoms with Crippen molar-refractivity contribution < 1.29 is 35.3 Å². The molecule has 0 saturated heterocycles. The maximum Gasteiger partial charge on any atom is 0.416 e. The lowest BCUT2D eigenvalue weighted by molar-refractivity contribution is -0.143. The number of carbonyl (C=O) groups excluding carboxylic acids is 1. The molecule has 0 unspecified atom stereocenters. The van der Waals surface area contributed by atoms with Gasteiger partial charge in [0.2, 0.25) is 0 Å². The highest BCUT2D eigenvalue weighted by molar-refractivity contribution is 7.84. The van der Waals surface area contributed by atoms with Gasteiger partial charge in [-0.15, -0.1) is 0 Å². The van der Waals surface area contributed by atoms with Crippen LogP contribution in [-0.4, -0.2) is 27.1 Å². The van der Waals surface area contributed by atoms with Crippen molar-refractivity contribution in [2.24, 2.45) is 0 Å². The van der Waals surface area contributed by atoms with E-state index in [0.29, 0.717) is 25.0 Å². The number of carbonyl (C=O) groups is 1. The van der Waals surface area contributed by atoms with Crippen molar-refractivity contribution in [3.05, 3.63) is 29.3 Å². The first-order valence-electron chi connectivity index (χ1n) is 9.62. The second-order valence-corrected chi connectivity index (χ2v) is 10.4. The van der Waals surface area contributed by atoms with Gasteiger partial charge in [0.25, 0.3) is 0 Å². The molecule has 1 fully saturated rings. The molecule has 0 radical (unpaired) electrons. The van der Waals surface area contributed by atoms with Crippen molar-refractivity contribution in [1.82, 2.24) is 10.0 Å². The number of amides is 2. The van der Waals surface area contributed by atoms with Gasteiger partial charge in [0, 0.05) is 17.8 Å². The van der Waals surface area contributed by atoms with E-state index in [9.17, 15) is 35.3 Å². The largest absolute Gasteiger partial charge is 0.416 e. The Morgan fingerprint density at radius 3 is 1.84 bits per heavy atom. The molecule has 2 amide bonds. The van der Waals surface area contributed by atoms with E-state index in [1.165, 1.54) is 0 Å². The van der Waals surface area contributed by atoms with Crippen LogP contribution >= 0.6 is 0 Å². The van der Waals surface area contributed by atoms with Crippen LogP contribution in [0.15, 0.2) is 18.2 Å². The first kappa shape index (κ1) is 25.4. The van der Waals surface area contributed by atoms with Crippen molar-refractivity contribution in [2.75, 3.05) is 5.32 Å².